The second-order valence-corrected chi connectivity index (χ2v) is 6.71. The number of carbonyl (C=O) groups is 1. The highest BCUT2D eigenvalue weighted by molar-refractivity contribution is 6.04. The summed E-state index contributed by atoms with van der Waals surface area (Å²) < 4.78 is 0. The van der Waals surface area contributed by atoms with Crippen LogP contribution >= 0.6 is 0 Å². The molecule has 1 amide bonds. The van der Waals surface area contributed by atoms with Crippen LogP contribution in [0.4, 0.5) is 5.95 Å². The van der Waals surface area contributed by atoms with Crippen molar-refractivity contribution >= 4 is 33.7 Å². The molecule has 128 valence electrons. The van der Waals surface area contributed by atoms with E-state index in [9.17, 15) is 4.79 Å². The van der Waals surface area contributed by atoms with E-state index in [-0.39, 0.29) is 11.9 Å². The second-order valence-electron chi connectivity index (χ2n) is 6.71. The molecule has 4 aromatic rings. The summed E-state index contributed by atoms with van der Waals surface area (Å²) in [6.07, 6.45) is 5.75. The van der Waals surface area contributed by atoms with Crippen molar-refractivity contribution in [2.75, 3.05) is 5.73 Å². The summed E-state index contributed by atoms with van der Waals surface area (Å²) in [7, 11) is 0. The van der Waals surface area contributed by atoms with E-state index in [1.165, 1.54) is 0 Å². The molecule has 0 unspecified atom stereocenters. The Morgan fingerprint density at radius 2 is 2.08 bits per heavy atom. The van der Waals surface area contributed by atoms with Gasteiger partial charge in [-0.05, 0) is 54.3 Å². The summed E-state index contributed by atoms with van der Waals surface area (Å²) in [5, 5.41) is 5.04. The first kappa shape index (κ1) is 14.9. The highest BCUT2D eigenvalue weighted by atomic mass is 16.1. The van der Waals surface area contributed by atoms with Gasteiger partial charge in [0.15, 0.2) is 0 Å². The van der Waals surface area contributed by atoms with Crippen molar-refractivity contribution in [2.24, 2.45) is 0 Å². The molecule has 4 N–H and O–H groups in total. The number of carbonyl (C=O) groups excluding carboxylic acids is 1. The van der Waals surface area contributed by atoms with E-state index in [0.717, 1.165) is 45.8 Å². The maximum Gasteiger partial charge on any atom is 0.251 e. The molecule has 0 saturated heterocycles. The molecule has 2 aromatic heterocycles. The zero-order valence-corrected chi connectivity index (χ0v) is 14.0. The number of rotatable bonds is 3. The molecule has 1 aliphatic carbocycles. The molecule has 1 saturated carbocycles. The predicted octanol–water partition coefficient (Wildman–Crippen LogP) is 3.25. The molecule has 1 aliphatic rings. The number of benzene rings is 2. The Balaban J connectivity index is 1.66. The minimum atomic E-state index is -0.0258. The first-order chi connectivity index (χ1) is 12.7. The number of nitrogens with one attached hydrogen (secondary N) is 2. The lowest BCUT2D eigenvalue weighted by Gasteiger charge is -2.10. The third-order valence-corrected chi connectivity index (χ3v) is 4.75. The lowest BCUT2D eigenvalue weighted by molar-refractivity contribution is 0.0951. The highest BCUT2D eigenvalue weighted by Crippen LogP contribution is 2.32. The van der Waals surface area contributed by atoms with Crippen LogP contribution in [0.15, 0.2) is 48.8 Å². The highest BCUT2D eigenvalue weighted by Gasteiger charge is 2.24. The zero-order valence-electron chi connectivity index (χ0n) is 14.0. The van der Waals surface area contributed by atoms with E-state index in [1.807, 2.05) is 42.6 Å². The molecular formula is C20H17N5O. The topological polar surface area (TPSA) is 96.7 Å². The van der Waals surface area contributed by atoms with Gasteiger partial charge in [0.25, 0.3) is 5.91 Å². The number of hydrogen-bond donors (Lipinski definition) is 3. The number of fused-ring (bicyclic) bond motifs is 2. The number of nitrogen functional groups attached to an aromatic ring is 1. The Morgan fingerprint density at radius 3 is 2.92 bits per heavy atom. The fourth-order valence-corrected chi connectivity index (χ4v) is 3.25. The standard InChI is InChI=1S/C20H17N5O/c21-20-23-10-13-7-11(1-4-17(13)25-20)16-8-12(19(26)24-14-2-3-14)9-18-15(16)5-6-22-18/h1,4-10,14,22H,2-3H2,(H,24,26)(H2,21,23,25). The van der Waals surface area contributed by atoms with Crippen LogP contribution in [0.2, 0.25) is 0 Å². The number of amides is 1. The van der Waals surface area contributed by atoms with Crippen molar-refractivity contribution < 1.29 is 4.79 Å². The van der Waals surface area contributed by atoms with Gasteiger partial charge in [-0.25, -0.2) is 9.97 Å². The minimum Gasteiger partial charge on any atom is -0.368 e. The van der Waals surface area contributed by atoms with Crippen LogP contribution in [-0.2, 0) is 0 Å². The predicted molar refractivity (Wildman–Crippen MR) is 102 cm³/mol. The van der Waals surface area contributed by atoms with E-state index in [2.05, 4.69) is 20.3 Å². The lowest BCUT2D eigenvalue weighted by atomic mass is 9.97. The molecule has 0 spiro atoms. The van der Waals surface area contributed by atoms with Gasteiger partial charge in [0, 0.05) is 40.3 Å². The maximum atomic E-state index is 12.5. The average molecular weight is 343 g/mol. The first-order valence-electron chi connectivity index (χ1n) is 8.62. The summed E-state index contributed by atoms with van der Waals surface area (Å²) in [5.41, 5.74) is 10.1. The van der Waals surface area contributed by atoms with Crippen LogP contribution < -0.4 is 11.1 Å². The molecule has 6 nitrogen and oxygen atoms in total. The van der Waals surface area contributed by atoms with Crippen LogP contribution in [0.1, 0.15) is 23.2 Å². The van der Waals surface area contributed by atoms with Crippen molar-refractivity contribution in [1.82, 2.24) is 20.3 Å². The molecule has 26 heavy (non-hydrogen) atoms. The summed E-state index contributed by atoms with van der Waals surface area (Å²) in [6.45, 7) is 0. The van der Waals surface area contributed by atoms with Gasteiger partial charge in [-0.3, -0.25) is 4.79 Å². The molecule has 1 fully saturated rings. The molecule has 5 rings (SSSR count). The molecule has 0 aliphatic heterocycles. The van der Waals surface area contributed by atoms with Gasteiger partial charge >= 0.3 is 0 Å². The van der Waals surface area contributed by atoms with Gasteiger partial charge in [0.1, 0.15) is 0 Å². The van der Waals surface area contributed by atoms with Gasteiger partial charge in [-0.1, -0.05) is 6.07 Å². The summed E-state index contributed by atoms with van der Waals surface area (Å²) in [4.78, 5) is 24.1. The normalized spacial score (nSPS) is 14.0. The number of nitrogens with two attached hydrogens (primary N) is 1. The number of aromatic nitrogens is 3. The number of nitrogens with zero attached hydrogens (tertiary/aromatic N) is 2. The maximum absolute atomic E-state index is 12.5. The van der Waals surface area contributed by atoms with E-state index in [0.29, 0.717) is 11.6 Å². The number of anilines is 1. The molecule has 0 radical (unpaired) electrons. The van der Waals surface area contributed by atoms with E-state index in [1.54, 1.807) is 6.20 Å². The van der Waals surface area contributed by atoms with Gasteiger partial charge in [-0.15, -0.1) is 0 Å². The number of H-pyrrole nitrogens is 1. The average Bonchev–Trinajstić information content (AvgIpc) is 3.33. The van der Waals surface area contributed by atoms with Gasteiger partial charge in [0.2, 0.25) is 5.95 Å². The molecular weight excluding hydrogens is 326 g/mol. The third kappa shape index (κ3) is 2.56. The second kappa shape index (κ2) is 5.56. The van der Waals surface area contributed by atoms with Gasteiger partial charge in [-0.2, -0.15) is 0 Å². The summed E-state index contributed by atoms with van der Waals surface area (Å²) >= 11 is 0. The fraction of sp³-hybridized carbons (Fsp3) is 0.150. The van der Waals surface area contributed by atoms with Crippen molar-refractivity contribution in [1.29, 1.82) is 0 Å². The van der Waals surface area contributed by atoms with Crippen LogP contribution in [0.3, 0.4) is 0 Å². The number of hydrogen-bond acceptors (Lipinski definition) is 4. The minimum absolute atomic E-state index is 0.0258. The summed E-state index contributed by atoms with van der Waals surface area (Å²) in [5.74, 6) is 0.235. The Kier molecular flexibility index (Phi) is 3.18. The quantitative estimate of drug-likeness (QED) is 0.532. The summed E-state index contributed by atoms with van der Waals surface area (Å²) in [6, 6.07) is 12.2. The Bertz CT molecular complexity index is 1160. The first-order valence-corrected chi connectivity index (χ1v) is 8.62. The molecule has 2 aromatic carbocycles. The fourth-order valence-electron chi connectivity index (χ4n) is 3.25. The Hall–Kier alpha value is -3.41. The van der Waals surface area contributed by atoms with E-state index >= 15 is 0 Å². The van der Waals surface area contributed by atoms with Crippen molar-refractivity contribution in [3.8, 4) is 11.1 Å². The third-order valence-electron chi connectivity index (χ3n) is 4.75. The molecule has 0 atom stereocenters. The SMILES string of the molecule is Nc1ncc2cc(-c3cc(C(=O)NC4CC4)cc4[nH]ccc34)ccc2n1. The Morgan fingerprint density at radius 1 is 1.19 bits per heavy atom. The van der Waals surface area contributed by atoms with Crippen LogP contribution in [-0.4, -0.2) is 26.9 Å². The van der Waals surface area contributed by atoms with Crippen LogP contribution in [0.25, 0.3) is 32.9 Å². The van der Waals surface area contributed by atoms with Crippen LogP contribution in [0.5, 0.6) is 0 Å². The van der Waals surface area contributed by atoms with E-state index in [4.69, 9.17) is 5.73 Å². The monoisotopic (exact) mass is 343 g/mol. The zero-order chi connectivity index (χ0) is 17.7. The number of aromatic amines is 1. The van der Waals surface area contributed by atoms with E-state index < -0.39 is 0 Å². The van der Waals surface area contributed by atoms with Crippen molar-refractivity contribution in [3.05, 3.63) is 54.4 Å². The van der Waals surface area contributed by atoms with Crippen molar-refractivity contribution in [2.45, 2.75) is 18.9 Å². The molecule has 0 bridgehead atoms. The smallest absolute Gasteiger partial charge is 0.251 e. The molecule has 6 heteroatoms. The van der Waals surface area contributed by atoms with Gasteiger partial charge < -0.3 is 16.0 Å². The largest absolute Gasteiger partial charge is 0.368 e. The van der Waals surface area contributed by atoms with Crippen LogP contribution in [0, 0.1) is 0 Å². The lowest BCUT2D eigenvalue weighted by Crippen LogP contribution is -2.25. The Labute approximate surface area is 149 Å². The van der Waals surface area contributed by atoms with Gasteiger partial charge in [0.05, 0.1) is 5.52 Å². The molecule has 2 heterocycles. The van der Waals surface area contributed by atoms with Crippen molar-refractivity contribution in [3.63, 3.8) is 0 Å².